The fourth-order valence-electron chi connectivity index (χ4n) is 1.09. The quantitative estimate of drug-likeness (QED) is 0.726. The van der Waals surface area contributed by atoms with Crippen molar-refractivity contribution in [3.63, 3.8) is 0 Å². The van der Waals surface area contributed by atoms with Gasteiger partial charge in [-0.3, -0.25) is 4.79 Å². The van der Waals surface area contributed by atoms with Gasteiger partial charge in [0.25, 0.3) is 0 Å². The van der Waals surface area contributed by atoms with Gasteiger partial charge in [-0.05, 0) is 18.2 Å². The molecule has 16 heavy (non-hydrogen) atoms. The summed E-state index contributed by atoms with van der Waals surface area (Å²) >= 11 is 1.43. The van der Waals surface area contributed by atoms with Crippen molar-refractivity contribution in [2.45, 2.75) is 4.90 Å². The van der Waals surface area contributed by atoms with Crippen LogP contribution in [0.15, 0.2) is 29.2 Å². The molecule has 0 saturated heterocycles. The monoisotopic (exact) mass is 241 g/mol. The topological polar surface area (TPSA) is 58.6 Å². The van der Waals surface area contributed by atoms with E-state index < -0.39 is 0 Å². The normalized spacial score (nSPS) is 9.88. The molecule has 0 saturated carbocycles. The van der Waals surface area contributed by atoms with E-state index >= 15 is 0 Å². The Balaban J connectivity index is 2.38. The minimum atomic E-state index is -0.0816. The standard InChI is InChI=1S/C11H15NO3S/c1-15-9-3-2-4-10(7-9)16-8-11(14)12-5-6-13/h2-4,7,13H,5-6,8H2,1H3,(H,12,14). The molecule has 0 aliphatic rings. The first kappa shape index (κ1) is 12.9. The summed E-state index contributed by atoms with van der Waals surface area (Å²) in [7, 11) is 1.61. The van der Waals surface area contributed by atoms with Gasteiger partial charge in [-0.15, -0.1) is 11.8 Å². The number of methoxy groups -OCH3 is 1. The molecule has 0 aliphatic heterocycles. The number of hydrogen-bond acceptors (Lipinski definition) is 4. The molecule has 0 unspecified atom stereocenters. The molecule has 0 atom stereocenters. The van der Waals surface area contributed by atoms with Crippen molar-refractivity contribution in [2.75, 3.05) is 26.0 Å². The van der Waals surface area contributed by atoms with Crippen molar-refractivity contribution < 1.29 is 14.6 Å². The third kappa shape index (κ3) is 4.55. The maximum atomic E-state index is 11.3. The Hall–Kier alpha value is -1.20. The number of nitrogens with one attached hydrogen (secondary N) is 1. The van der Waals surface area contributed by atoms with Gasteiger partial charge >= 0.3 is 0 Å². The second-order valence-electron chi connectivity index (χ2n) is 3.04. The summed E-state index contributed by atoms with van der Waals surface area (Å²) in [5.74, 6) is 1.04. The number of carbonyl (C=O) groups excluding carboxylic acids is 1. The molecule has 4 nitrogen and oxygen atoms in total. The highest BCUT2D eigenvalue weighted by molar-refractivity contribution is 8.00. The summed E-state index contributed by atoms with van der Waals surface area (Å²) in [6, 6.07) is 7.54. The van der Waals surface area contributed by atoms with Gasteiger partial charge < -0.3 is 15.2 Å². The Morgan fingerprint density at radius 1 is 1.56 bits per heavy atom. The fraction of sp³-hybridized carbons (Fsp3) is 0.364. The van der Waals surface area contributed by atoms with Crippen molar-refractivity contribution in [1.29, 1.82) is 0 Å². The summed E-state index contributed by atoms with van der Waals surface area (Å²) in [6.07, 6.45) is 0. The van der Waals surface area contributed by atoms with Crippen LogP contribution in [-0.2, 0) is 4.79 Å². The number of ether oxygens (including phenoxy) is 1. The van der Waals surface area contributed by atoms with Crippen LogP contribution in [0.2, 0.25) is 0 Å². The van der Waals surface area contributed by atoms with Gasteiger partial charge in [0.15, 0.2) is 0 Å². The van der Waals surface area contributed by atoms with Crippen LogP contribution in [0.25, 0.3) is 0 Å². The largest absolute Gasteiger partial charge is 0.497 e. The molecule has 1 amide bonds. The van der Waals surface area contributed by atoms with Crippen LogP contribution in [0, 0.1) is 0 Å². The van der Waals surface area contributed by atoms with Crippen molar-refractivity contribution in [2.24, 2.45) is 0 Å². The first-order chi connectivity index (χ1) is 7.76. The van der Waals surface area contributed by atoms with Crippen molar-refractivity contribution in [3.8, 4) is 5.75 Å². The second kappa shape index (κ2) is 7.14. The molecule has 0 heterocycles. The number of benzene rings is 1. The molecule has 0 bridgehead atoms. The van der Waals surface area contributed by atoms with E-state index in [4.69, 9.17) is 9.84 Å². The van der Waals surface area contributed by atoms with E-state index in [1.165, 1.54) is 11.8 Å². The molecule has 2 N–H and O–H groups in total. The molecule has 0 radical (unpaired) electrons. The number of aliphatic hydroxyl groups is 1. The molecule has 0 aromatic heterocycles. The van der Waals surface area contributed by atoms with E-state index in [2.05, 4.69) is 5.32 Å². The smallest absolute Gasteiger partial charge is 0.230 e. The summed E-state index contributed by atoms with van der Waals surface area (Å²) in [5, 5.41) is 11.1. The predicted octanol–water partition coefficient (Wildman–Crippen LogP) is 0.896. The lowest BCUT2D eigenvalue weighted by Gasteiger charge is -2.04. The lowest BCUT2D eigenvalue weighted by Crippen LogP contribution is -2.27. The summed E-state index contributed by atoms with van der Waals surface area (Å²) in [5.41, 5.74) is 0. The van der Waals surface area contributed by atoms with Crippen LogP contribution < -0.4 is 10.1 Å². The zero-order valence-electron chi connectivity index (χ0n) is 9.10. The van der Waals surface area contributed by atoms with E-state index in [1.807, 2.05) is 24.3 Å². The molecule has 1 rings (SSSR count). The second-order valence-corrected chi connectivity index (χ2v) is 4.09. The third-order valence-corrected chi connectivity index (χ3v) is 2.84. The van der Waals surface area contributed by atoms with E-state index in [9.17, 15) is 4.79 Å². The zero-order chi connectivity index (χ0) is 11.8. The summed E-state index contributed by atoms with van der Waals surface area (Å²) < 4.78 is 5.08. The molecule has 0 fully saturated rings. The van der Waals surface area contributed by atoms with Gasteiger partial charge in [-0.25, -0.2) is 0 Å². The molecular weight excluding hydrogens is 226 g/mol. The number of amides is 1. The van der Waals surface area contributed by atoms with E-state index in [-0.39, 0.29) is 12.5 Å². The van der Waals surface area contributed by atoms with Crippen LogP contribution >= 0.6 is 11.8 Å². The molecule has 5 heteroatoms. The fourth-order valence-corrected chi connectivity index (χ4v) is 1.86. The minimum Gasteiger partial charge on any atom is -0.497 e. The van der Waals surface area contributed by atoms with Crippen molar-refractivity contribution >= 4 is 17.7 Å². The van der Waals surface area contributed by atoms with Crippen LogP contribution in [0.5, 0.6) is 5.75 Å². The number of carbonyl (C=O) groups is 1. The van der Waals surface area contributed by atoms with Crippen LogP contribution in [0.3, 0.4) is 0 Å². The first-order valence-corrected chi connectivity index (χ1v) is 5.89. The minimum absolute atomic E-state index is 0.0322. The first-order valence-electron chi connectivity index (χ1n) is 4.90. The molecular formula is C11H15NO3S. The number of aliphatic hydroxyl groups excluding tert-OH is 1. The van der Waals surface area contributed by atoms with E-state index in [0.29, 0.717) is 12.3 Å². The Morgan fingerprint density at radius 3 is 3.06 bits per heavy atom. The number of hydrogen-bond donors (Lipinski definition) is 2. The average Bonchev–Trinajstić information content (AvgIpc) is 2.34. The summed E-state index contributed by atoms with van der Waals surface area (Å²) in [4.78, 5) is 12.2. The number of rotatable bonds is 6. The van der Waals surface area contributed by atoms with E-state index in [1.54, 1.807) is 7.11 Å². The summed E-state index contributed by atoms with van der Waals surface area (Å²) in [6.45, 7) is 0.271. The molecule has 0 aliphatic carbocycles. The maximum Gasteiger partial charge on any atom is 0.230 e. The Bertz CT molecular complexity index is 344. The van der Waals surface area contributed by atoms with Crippen LogP contribution in [0.1, 0.15) is 0 Å². The van der Waals surface area contributed by atoms with E-state index in [0.717, 1.165) is 10.6 Å². The Kier molecular flexibility index (Phi) is 5.74. The highest BCUT2D eigenvalue weighted by Gasteiger charge is 2.02. The lowest BCUT2D eigenvalue weighted by molar-refractivity contribution is -0.118. The predicted molar refractivity (Wildman–Crippen MR) is 63.8 cm³/mol. The van der Waals surface area contributed by atoms with Crippen LogP contribution in [0.4, 0.5) is 0 Å². The highest BCUT2D eigenvalue weighted by atomic mass is 32.2. The van der Waals surface area contributed by atoms with Gasteiger partial charge in [-0.1, -0.05) is 6.07 Å². The van der Waals surface area contributed by atoms with Crippen molar-refractivity contribution in [3.05, 3.63) is 24.3 Å². The van der Waals surface area contributed by atoms with Gasteiger partial charge in [0.2, 0.25) is 5.91 Å². The van der Waals surface area contributed by atoms with Gasteiger partial charge in [0.1, 0.15) is 5.75 Å². The zero-order valence-corrected chi connectivity index (χ0v) is 9.92. The Labute approximate surface area is 99.0 Å². The molecule has 1 aromatic rings. The van der Waals surface area contributed by atoms with Gasteiger partial charge in [0, 0.05) is 11.4 Å². The lowest BCUT2D eigenvalue weighted by atomic mass is 10.3. The van der Waals surface area contributed by atoms with Gasteiger partial charge in [0.05, 0.1) is 19.5 Å². The number of thioether (sulfide) groups is 1. The average molecular weight is 241 g/mol. The molecule has 1 aromatic carbocycles. The molecule has 88 valence electrons. The van der Waals surface area contributed by atoms with Gasteiger partial charge in [-0.2, -0.15) is 0 Å². The highest BCUT2D eigenvalue weighted by Crippen LogP contribution is 2.22. The maximum absolute atomic E-state index is 11.3. The molecule has 0 spiro atoms. The van der Waals surface area contributed by atoms with Crippen LogP contribution in [-0.4, -0.2) is 37.0 Å². The van der Waals surface area contributed by atoms with Crippen molar-refractivity contribution in [1.82, 2.24) is 5.32 Å². The third-order valence-electron chi connectivity index (χ3n) is 1.85. The Morgan fingerprint density at radius 2 is 2.38 bits per heavy atom. The SMILES string of the molecule is COc1cccc(SCC(=O)NCCO)c1.